The van der Waals surface area contributed by atoms with Crippen LogP contribution in [0.4, 0.5) is 15.9 Å². The fourth-order valence-corrected chi connectivity index (χ4v) is 6.42. The zero-order valence-electron chi connectivity index (χ0n) is 19.5. The minimum Gasteiger partial charge on any atom is -0.357 e. The standard InChI is InChI=1S/C26H29FN4O3S/c27-21-5-4-6-22(18-21)28-26(32)19-11-15-30(16-12-19)25-10-7-20-17-23(8-9-24(20)29-25)35(33,34)31-13-2-1-3-14-31/h4-10,17-19H,1-3,11-16H2,(H,28,32). The number of aromatic nitrogens is 1. The molecule has 2 aromatic carbocycles. The molecule has 1 amide bonds. The fourth-order valence-electron chi connectivity index (χ4n) is 4.87. The van der Waals surface area contributed by atoms with Crippen LogP contribution in [0.25, 0.3) is 10.9 Å². The summed E-state index contributed by atoms with van der Waals surface area (Å²) in [4.78, 5) is 19.8. The predicted octanol–water partition coefficient (Wildman–Crippen LogP) is 4.40. The average molecular weight is 497 g/mol. The molecule has 2 saturated heterocycles. The van der Waals surface area contributed by atoms with Crippen LogP contribution in [-0.2, 0) is 14.8 Å². The molecule has 2 aliphatic rings. The van der Waals surface area contributed by atoms with Crippen LogP contribution in [0.3, 0.4) is 0 Å². The van der Waals surface area contributed by atoms with E-state index in [4.69, 9.17) is 4.98 Å². The summed E-state index contributed by atoms with van der Waals surface area (Å²) in [7, 11) is -3.49. The van der Waals surface area contributed by atoms with E-state index in [9.17, 15) is 17.6 Å². The largest absolute Gasteiger partial charge is 0.357 e. The average Bonchev–Trinajstić information content (AvgIpc) is 2.88. The highest BCUT2D eigenvalue weighted by Gasteiger charge is 2.27. The van der Waals surface area contributed by atoms with E-state index >= 15 is 0 Å². The Labute approximate surface area is 205 Å². The first-order valence-electron chi connectivity index (χ1n) is 12.1. The van der Waals surface area contributed by atoms with Crippen LogP contribution >= 0.6 is 0 Å². The van der Waals surface area contributed by atoms with Gasteiger partial charge in [0.25, 0.3) is 0 Å². The summed E-state index contributed by atoms with van der Waals surface area (Å²) in [5, 5.41) is 3.59. The van der Waals surface area contributed by atoms with Gasteiger partial charge >= 0.3 is 0 Å². The Morgan fingerprint density at radius 2 is 1.71 bits per heavy atom. The van der Waals surface area contributed by atoms with Crippen molar-refractivity contribution in [3.8, 4) is 0 Å². The second-order valence-corrected chi connectivity index (χ2v) is 11.2. The van der Waals surface area contributed by atoms with E-state index in [1.807, 2.05) is 12.1 Å². The summed E-state index contributed by atoms with van der Waals surface area (Å²) in [6.07, 6.45) is 4.23. The van der Waals surface area contributed by atoms with Crippen LogP contribution < -0.4 is 10.2 Å². The normalized spacial score (nSPS) is 18.0. The molecule has 0 spiro atoms. The molecule has 2 fully saturated rings. The molecule has 7 nitrogen and oxygen atoms in total. The molecule has 0 atom stereocenters. The van der Waals surface area contributed by atoms with Crippen molar-refractivity contribution in [2.24, 2.45) is 5.92 Å². The summed E-state index contributed by atoms with van der Waals surface area (Å²) in [6.45, 7) is 2.52. The van der Waals surface area contributed by atoms with Gasteiger partial charge < -0.3 is 10.2 Å². The first-order valence-corrected chi connectivity index (χ1v) is 13.6. The molecule has 5 rings (SSSR count). The number of nitrogens with one attached hydrogen (secondary N) is 1. The van der Waals surface area contributed by atoms with Crippen molar-refractivity contribution in [3.63, 3.8) is 0 Å². The predicted molar refractivity (Wildman–Crippen MR) is 134 cm³/mol. The van der Waals surface area contributed by atoms with Crippen LogP contribution in [0.15, 0.2) is 59.5 Å². The summed E-state index contributed by atoms with van der Waals surface area (Å²) < 4.78 is 41.0. The maximum absolute atomic E-state index is 13.4. The quantitative estimate of drug-likeness (QED) is 0.566. The lowest BCUT2D eigenvalue weighted by molar-refractivity contribution is -0.120. The first kappa shape index (κ1) is 23.7. The van der Waals surface area contributed by atoms with Crippen LogP contribution in [0, 0.1) is 11.7 Å². The van der Waals surface area contributed by atoms with Gasteiger partial charge in [-0.15, -0.1) is 0 Å². The number of fused-ring (bicyclic) bond motifs is 1. The van der Waals surface area contributed by atoms with Gasteiger partial charge in [-0.25, -0.2) is 17.8 Å². The molecule has 0 bridgehead atoms. The van der Waals surface area contributed by atoms with Crippen LogP contribution in [0.1, 0.15) is 32.1 Å². The van der Waals surface area contributed by atoms with Crippen LogP contribution in [0.2, 0.25) is 0 Å². The lowest BCUT2D eigenvalue weighted by Crippen LogP contribution is -2.38. The van der Waals surface area contributed by atoms with Gasteiger partial charge in [0.2, 0.25) is 15.9 Å². The maximum atomic E-state index is 13.4. The molecule has 3 heterocycles. The van der Waals surface area contributed by atoms with Gasteiger partial charge in [0.1, 0.15) is 11.6 Å². The smallest absolute Gasteiger partial charge is 0.243 e. The van der Waals surface area contributed by atoms with E-state index in [1.54, 1.807) is 34.6 Å². The van der Waals surface area contributed by atoms with Crippen LogP contribution in [-0.4, -0.2) is 49.8 Å². The van der Waals surface area contributed by atoms with E-state index in [0.717, 1.165) is 36.0 Å². The van der Waals surface area contributed by atoms with E-state index < -0.39 is 10.0 Å². The molecule has 0 saturated carbocycles. The molecule has 1 aromatic heterocycles. The number of anilines is 2. The van der Waals surface area contributed by atoms with Crippen molar-refractivity contribution in [2.45, 2.75) is 37.0 Å². The minimum absolute atomic E-state index is 0.0934. The SMILES string of the molecule is O=C(Nc1cccc(F)c1)C1CCN(c2ccc3cc(S(=O)(=O)N4CCCCC4)ccc3n2)CC1. The van der Waals surface area contributed by atoms with Gasteiger partial charge in [-0.05, 0) is 74.2 Å². The Hall–Kier alpha value is -3.04. The van der Waals surface area contributed by atoms with Gasteiger partial charge in [0.05, 0.1) is 10.4 Å². The van der Waals surface area contributed by atoms with Crippen molar-refractivity contribution >= 4 is 38.3 Å². The lowest BCUT2D eigenvalue weighted by atomic mass is 9.95. The number of amides is 1. The van der Waals surface area contributed by atoms with Gasteiger partial charge in [-0.3, -0.25) is 4.79 Å². The molecule has 184 valence electrons. The molecule has 35 heavy (non-hydrogen) atoms. The molecule has 3 aromatic rings. The van der Waals surface area contributed by atoms with Gasteiger partial charge in [0, 0.05) is 43.2 Å². The van der Waals surface area contributed by atoms with Crippen molar-refractivity contribution in [3.05, 3.63) is 60.4 Å². The highest BCUT2D eigenvalue weighted by molar-refractivity contribution is 7.89. The van der Waals surface area contributed by atoms with Crippen molar-refractivity contribution in [1.29, 1.82) is 0 Å². The molecule has 0 aliphatic carbocycles. The number of hydrogen-bond acceptors (Lipinski definition) is 5. The highest BCUT2D eigenvalue weighted by Crippen LogP contribution is 2.28. The van der Waals surface area contributed by atoms with E-state index in [-0.39, 0.29) is 17.6 Å². The molecule has 9 heteroatoms. The van der Waals surface area contributed by atoms with Gasteiger partial charge in [-0.1, -0.05) is 12.5 Å². The summed E-state index contributed by atoms with van der Waals surface area (Å²) in [5.41, 5.74) is 1.21. The van der Waals surface area contributed by atoms with E-state index in [1.165, 1.54) is 12.1 Å². The number of pyridine rings is 1. The summed E-state index contributed by atoms with van der Waals surface area (Å²) in [5.74, 6) is 0.200. The monoisotopic (exact) mass is 496 g/mol. The van der Waals surface area contributed by atoms with Gasteiger partial charge in [0.15, 0.2) is 0 Å². The molecule has 0 unspecified atom stereocenters. The number of rotatable bonds is 5. The molecule has 0 radical (unpaired) electrons. The minimum atomic E-state index is -3.49. The first-order chi connectivity index (χ1) is 16.9. The highest BCUT2D eigenvalue weighted by atomic mass is 32.2. The topological polar surface area (TPSA) is 82.6 Å². The summed E-state index contributed by atoms with van der Waals surface area (Å²) in [6, 6.07) is 14.9. The zero-order valence-corrected chi connectivity index (χ0v) is 20.3. The molecule has 2 aliphatic heterocycles. The maximum Gasteiger partial charge on any atom is 0.243 e. The zero-order chi connectivity index (χ0) is 24.4. The summed E-state index contributed by atoms with van der Waals surface area (Å²) >= 11 is 0. The van der Waals surface area contributed by atoms with Gasteiger partial charge in [-0.2, -0.15) is 4.31 Å². The van der Waals surface area contributed by atoms with E-state index in [2.05, 4.69) is 10.2 Å². The number of hydrogen-bond donors (Lipinski definition) is 1. The van der Waals surface area contributed by atoms with E-state index in [0.29, 0.717) is 49.6 Å². The Bertz CT molecular complexity index is 1330. The van der Waals surface area contributed by atoms with Crippen molar-refractivity contribution < 1.29 is 17.6 Å². The Kier molecular flexibility index (Phi) is 6.71. The Balaban J connectivity index is 1.24. The third-order valence-electron chi connectivity index (χ3n) is 6.88. The van der Waals surface area contributed by atoms with Crippen molar-refractivity contribution in [1.82, 2.24) is 9.29 Å². The fraction of sp³-hybridized carbons (Fsp3) is 0.385. The third-order valence-corrected chi connectivity index (χ3v) is 8.78. The number of carbonyl (C=O) groups excluding carboxylic acids is 1. The van der Waals surface area contributed by atoms with Crippen LogP contribution in [0.5, 0.6) is 0 Å². The lowest BCUT2D eigenvalue weighted by Gasteiger charge is -2.32. The number of nitrogens with zero attached hydrogens (tertiary/aromatic N) is 3. The number of carbonyl (C=O) groups is 1. The number of benzene rings is 2. The molecular weight excluding hydrogens is 467 g/mol. The third kappa shape index (κ3) is 5.16. The molecular formula is C26H29FN4O3S. The Morgan fingerprint density at radius 3 is 2.46 bits per heavy atom. The second kappa shape index (κ2) is 9.91. The second-order valence-electron chi connectivity index (χ2n) is 9.25. The van der Waals surface area contributed by atoms with Crippen molar-refractivity contribution in [2.75, 3.05) is 36.4 Å². The number of halogens is 1. The number of piperidine rings is 2. The molecule has 1 N–H and O–H groups in total. The number of sulfonamides is 1. The Morgan fingerprint density at radius 1 is 0.943 bits per heavy atom.